The molecule has 0 saturated carbocycles. The van der Waals surface area contributed by atoms with Gasteiger partial charge < -0.3 is 14.2 Å². The normalized spacial score (nSPS) is 8.54. The summed E-state index contributed by atoms with van der Waals surface area (Å²) in [5.41, 5.74) is 0. The molecule has 0 aromatic heterocycles. The van der Waals surface area contributed by atoms with Crippen LogP contribution in [-0.2, 0) is 0 Å². The molecule has 0 amide bonds. The van der Waals surface area contributed by atoms with E-state index in [0.717, 1.165) is 0 Å². The largest absolute Gasteiger partial charge is 1.00 e. The summed E-state index contributed by atoms with van der Waals surface area (Å²) in [5.74, 6) is 1.90. The molecule has 0 N–H and O–H groups in total. The minimum atomic E-state index is 0. The van der Waals surface area contributed by atoms with Crippen molar-refractivity contribution in [3.8, 4) is 17.2 Å². The average molecular weight is 190 g/mol. The Labute approximate surface area is 100 Å². The van der Waals surface area contributed by atoms with E-state index in [-0.39, 0.29) is 29.6 Å². The van der Waals surface area contributed by atoms with Crippen LogP contribution in [0.1, 0.15) is 0 Å². The van der Waals surface area contributed by atoms with Crippen molar-refractivity contribution in [1.29, 1.82) is 0 Å². The van der Waals surface area contributed by atoms with Gasteiger partial charge in [-0.15, -0.1) is 0 Å². The summed E-state index contributed by atoms with van der Waals surface area (Å²) >= 11 is 0. The zero-order chi connectivity index (χ0) is 8.97. The fourth-order valence-corrected chi connectivity index (χ4v) is 0.831. The zero-order valence-electron chi connectivity index (χ0n) is 8.38. The van der Waals surface area contributed by atoms with Gasteiger partial charge in [0, 0.05) is 17.2 Å². The topological polar surface area (TPSA) is 27.7 Å². The van der Waals surface area contributed by atoms with Gasteiger partial charge in [0.25, 0.3) is 0 Å². The maximum Gasteiger partial charge on any atom is 1.00 e. The van der Waals surface area contributed by atoms with E-state index >= 15 is 0 Å². The van der Waals surface area contributed by atoms with Crippen molar-refractivity contribution in [2.24, 2.45) is 0 Å². The molecule has 3 nitrogen and oxygen atoms in total. The molecular weight excluding hydrogens is 179 g/mol. The van der Waals surface area contributed by atoms with Crippen molar-refractivity contribution in [3.05, 3.63) is 18.2 Å². The molecule has 0 radical (unpaired) electrons. The zero-order valence-corrected chi connectivity index (χ0v) is 10.4. The predicted molar refractivity (Wildman–Crippen MR) is 44.9 cm³/mol. The first-order chi connectivity index (χ1) is 5.80. The fraction of sp³-hybridized carbons (Fsp3) is 0.333. The van der Waals surface area contributed by atoms with Gasteiger partial charge in [-0.25, -0.2) is 0 Å². The first-order valence-electron chi connectivity index (χ1n) is 3.49. The van der Waals surface area contributed by atoms with E-state index < -0.39 is 0 Å². The number of benzene rings is 1. The standard InChI is InChI=1S/C9H11O3.Na/c1-10-7-4-8(11-2)6-9(5-7)12-3;/h4-5H,1-3H3;/q-1;+1. The molecule has 0 aliphatic carbocycles. The molecule has 1 rings (SSSR count). The predicted octanol–water partition coefficient (Wildman–Crippen LogP) is -1.48. The van der Waals surface area contributed by atoms with E-state index in [9.17, 15) is 0 Å². The molecular formula is C9H11NaO3. The first-order valence-corrected chi connectivity index (χ1v) is 3.49. The molecule has 66 valence electrons. The molecule has 1 aromatic rings. The molecule has 0 saturated heterocycles. The molecule has 0 aliphatic rings. The molecule has 4 heteroatoms. The Balaban J connectivity index is 0.00000144. The van der Waals surface area contributed by atoms with Crippen molar-refractivity contribution in [2.45, 2.75) is 0 Å². The van der Waals surface area contributed by atoms with Crippen LogP contribution in [0.5, 0.6) is 17.2 Å². The van der Waals surface area contributed by atoms with Crippen LogP contribution in [0.4, 0.5) is 0 Å². The van der Waals surface area contributed by atoms with Crippen LogP contribution >= 0.6 is 0 Å². The summed E-state index contributed by atoms with van der Waals surface area (Å²) in [6.45, 7) is 0. The Kier molecular flexibility index (Phi) is 5.95. The summed E-state index contributed by atoms with van der Waals surface area (Å²) in [6.07, 6.45) is 0. The van der Waals surface area contributed by atoms with E-state index in [1.54, 1.807) is 33.5 Å². The maximum absolute atomic E-state index is 5.02. The Morgan fingerprint density at radius 2 is 1.38 bits per heavy atom. The van der Waals surface area contributed by atoms with Crippen molar-refractivity contribution in [3.63, 3.8) is 0 Å². The third-order valence-corrected chi connectivity index (χ3v) is 1.47. The number of methoxy groups -OCH3 is 3. The third-order valence-electron chi connectivity index (χ3n) is 1.47. The fourth-order valence-electron chi connectivity index (χ4n) is 0.831. The second-order valence-corrected chi connectivity index (χ2v) is 2.16. The minimum absolute atomic E-state index is 0. The van der Waals surface area contributed by atoms with Gasteiger partial charge >= 0.3 is 29.6 Å². The van der Waals surface area contributed by atoms with Crippen LogP contribution < -0.4 is 43.8 Å². The maximum atomic E-state index is 5.02. The van der Waals surface area contributed by atoms with Crippen LogP contribution in [-0.4, -0.2) is 21.3 Å². The number of rotatable bonds is 3. The molecule has 0 unspecified atom stereocenters. The minimum Gasteiger partial charge on any atom is -0.522 e. The van der Waals surface area contributed by atoms with Crippen LogP contribution in [0.3, 0.4) is 0 Å². The first kappa shape index (κ1) is 12.6. The number of hydrogen-bond acceptors (Lipinski definition) is 3. The number of hydrogen-bond donors (Lipinski definition) is 0. The molecule has 0 bridgehead atoms. The molecule has 0 atom stereocenters. The quantitative estimate of drug-likeness (QED) is 0.429. The van der Waals surface area contributed by atoms with Gasteiger partial charge in [0.1, 0.15) is 0 Å². The molecule has 0 aliphatic heterocycles. The summed E-state index contributed by atoms with van der Waals surface area (Å²) in [6, 6.07) is 6.37. The van der Waals surface area contributed by atoms with Crippen LogP contribution in [0, 0.1) is 6.07 Å². The van der Waals surface area contributed by atoms with Crippen LogP contribution in [0.2, 0.25) is 0 Å². The Morgan fingerprint density at radius 3 is 1.69 bits per heavy atom. The van der Waals surface area contributed by atoms with Gasteiger partial charge in [-0.2, -0.15) is 0 Å². The van der Waals surface area contributed by atoms with Crippen molar-refractivity contribution in [1.82, 2.24) is 0 Å². The van der Waals surface area contributed by atoms with Gasteiger partial charge in [-0.3, -0.25) is 0 Å². The summed E-state index contributed by atoms with van der Waals surface area (Å²) in [7, 11) is 4.74. The van der Waals surface area contributed by atoms with Gasteiger partial charge in [0.2, 0.25) is 0 Å². The van der Waals surface area contributed by atoms with Crippen molar-refractivity contribution in [2.75, 3.05) is 21.3 Å². The van der Waals surface area contributed by atoms with E-state index in [2.05, 4.69) is 6.07 Å². The molecule has 0 spiro atoms. The van der Waals surface area contributed by atoms with Crippen LogP contribution in [0.25, 0.3) is 0 Å². The smallest absolute Gasteiger partial charge is 0.522 e. The molecule has 0 heterocycles. The Morgan fingerprint density at radius 1 is 0.923 bits per heavy atom. The van der Waals surface area contributed by atoms with Gasteiger partial charge in [-0.05, 0) is 0 Å². The second-order valence-electron chi connectivity index (χ2n) is 2.16. The SMILES string of the molecule is COc1[c-]c(OC)cc(OC)c1.[Na+]. The van der Waals surface area contributed by atoms with Gasteiger partial charge in [-0.1, -0.05) is 18.2 Å². The van der Waals surface area contributed by atoms with Crippen molar-refractivity contribution >= 4 is 0 Å². The number of ether oxygens (including phenoxy) is 3. The van der Waals surface area contributed by atoms with Gasteiger partial charge in [0.05, 0.1) is 21.3 Å². The molecule has 13 heavy (non-hydrogen) atoms. The van der Waals surface area contributed by atoms with Crippen LogP contribution in [0.15, 0.2) is 12.1 Å². The molecule has 1 aromatic carbocycles. The summed E-state index contributed by atoms with van der Waals surface area (Å²) in [4.78, 5) is 0. The monoisotopic (exact) mass is 190 g/mol. The summed E-state index contributed by atoms with van der Waals surface area (Å²) < 4.78 is 15.0. The third kappa shape index (κ3) is 3.46. The Hall–Kier alpha value is -0.380. The van der Waals surface area contributed by atoms with Gasteiger partial charge in [0.15, 0.2) is 0 Å². The van der Waals surface area contributed by atoms with E-state index in [0.29, 0.717) is 17.2 Å². The van der Waals surface area contributed by atoms with E-state index in [4.69, 9.17) is 14.2 Å². The van der Waals surface area contributed by atoms with E-state index in [1.807, 2.05) is 0 Å². The Bertz CT molecular complexity index is 208. The summed E-state index contributed by atoms with van der Waals surface area (Å²) in [5, 5.41) is 0. The van der Waals surface area contributed by atoms with E-state index in [1.165, 1.54) is 0 Å². The van der Waals surface area contributed by atoms with Crippen molar-refractivity contribution < 1.29 is 43.8 Å². The molecule has 0 fully saturated rings. The second kappa shape index (κ2) is 6.13. The average Bonchev–Trinajstić information content (AvgIpc) is 2.16.